The second-order valence-corrected chi connectivity index (χ2v) is 3.24. The van der Waals surface area contributed by atoms with E-state index in [0.29, 0.717) is 6.61 Å². The lowest BCUT2D eigenvalue weighted by atomic mass is 9.99. The lowest BCUT2D eigenvalue weighted by molar-refractivity contribution is -0.143. The summed E-state index contributed by atoms with van der Waals surface area (Å²) in [6.07, 6.45) is -1.26. The van der Waals surface area contributed by atoms with Crippen molar-refractivity contribution in [1.29, 1.82) is 0 Å². The molecule has 0 saturated carbocycles. The Hall–Kier alpha value is -0.200. The van der Waals surface area contributed by atoms with Crippen LogP contribution in [0.5, 0.6) is 0 Å². The zero-order valence-electron chi connectivity index (χ0n) is 8.03. The molecule has 1 aliphatic heterocycles. The quantitative estimate of drug-likeness (QED) is 0.398. The summed E-state index contributed by atoms with van der Waals surface area (Å²) in [4.78, 5) is 0. The smallest absolute Gasteiger partial charge is 0.133 e. The van der Waals surface area contributed by atoms with E-state index in [4.69, 9.17) is 4.74 Å². The van der Waals surface area contributed by atoms with Crippen LogP contribution >= 0.6 is 0 Å². The van der Waals surface area contributed by atoms with E-state index in [1.165, 1.54) is 0 Å². The highest BCUT2D eigenvalue weighted by molar-refractivity contribution is 4.88. The van der Waals surface area contributed by atoms with E-state index in [-0.39, 0.29) is 6.04 Å². The molecule has 0 aromatic carbocycles. The lowest BCUT2D eigenvalue weighted by Gasteiger charge is -2.36. The Labute approximate surface area is 78.1 Å². The Morgan fingerprint density at radius 2 is 2.15 bits per heavy atom. The van der Waals surface area contributed by atoms with Crippen molar-refractivity contribution in [3.63, 3.8) is 0 Å². The summed E-state index contributed by atoms with van der Waals surface area (Å²) in [6.45, 7) is 0.561. The first kappa shape index (κ1) is 10.9. The van der Waals surface area contributed by atoms with E-state index < -0.39 is 18.4 Å². The van der Waals surface area contributed by atoms with Crippen molar-refractivity contribution >= 4 is 0 Å². The third-order valence-electron chi connectivity index (χ3n) is 2.47. The predicted molar refractivity (Wildman–Crippen MR) is 48.3 cm³/mol. The molecule has 0 radical (unpaired) electrons. The van der Waals surface area contributed by atoms with E-state index in [9.17, 15) is 10.2 Å². The molecule has 1 rings (SSSR count). The summed E-state index contributed by atoms with van der Waals surface area (Å²) < 4.78 is 5.27. The van der Waals surface area contributed by atoms with Gasteiger partial charge in [0.1, 0.15) is 12.3 Å². The summed E-state index contributed by atoms with van der Waals surface area (Å²) in [6, 6.07) is 0.00162. The van der Waals surface area contributed by atoms with Gasteiger partial charge >= 0.3 is 0 Å². The molecular weight excluding hydrogens is 172 g/mol. The third-order valence-corrected chi connectivity index (χ3v) is 2.47. The second kappa shape index (κ2) is 4.88. The van der Waals surface area contributed by atoms with Crippen molar-refractivity contribution in [2.24, 2.45) is 0 Å². The van der Waals surface area contributed by atoms with Crippen LogP contribution in [0.4, 0.5) is 0 Å². The van der Waals surface area contributed by atoms with E-state index in [2.05, 4.69) is 10.6 Å². The highest BCUT2D eigenvalue weighted by atomic mass is 16.5. The van der Waals surface area contributed by atoms with Gasteiger partial charge in [-0.2, -0.15) is 0 Å². The summed E-state index contributed by atoms with van der Waals surface area (Å²) in [5.74, 6) is 0. The molecular formula is C8H18N2O3. The summed E-state index contributed by atoms with van der Waals surface area (Å²) >= 11 is 0. The average molecular weight is 190 g/mol. The van der Waals surface area contributed by atoms with Crippen molar-refractivity contribution in [2.75, 3.05) is 20.7 Å². The molecule has 1 fully saturated rings. The number of aliphatic hydroxyl groups is 2. The highest BCUT2D eigenvalue weighted by Gasteiger charge is 2.35. The second-order valence-electron chi connectivity index (χ2n) is 3.24. The fraction of sp³-hybridized carbons (Fsp3) is 1.00. The minimum atomic E-state index is -0.814. The van der Waals surface area contributed by atoms with Crippen LogP contribution in [0.15, 0.2) is 0 Å². The van der Waals surface area contributed by atoms with Crippen LogP contribution in [0, 0.1) is 0 Å². The van der Waals surface area contributed by atoms with Crippen LogP contribution in [-0.2, 0) is 4.74 Å². The van der Waals surface area contributed by atoms with E-state index >= 15 is 0 Å². The van der Waals surface area contributed by atoms with Gasteiger partial charge in [-0.05, 0) is 20.5 Å². The fourth-order valence-electron chi connectivity index (χ4n) is 1.59. The molecule has 5 heteroatoms. The van der Waals surface area contributed by atoms with Crippen molar-refractivity contribution in [2.45, 2.75) is 30.9 Å². The highest BCUT2D eigenvalue weighted by Crippen LogP contribution is 2.16. The Morgan fingerprint density at radius 3 is 2.69 bits per heavy atom. The first-order valence-corrected chi connectivity index (χ1v) is 4.53. The molecule has 0 aromatic rings. The first-order chi connectivity index (χ1) is 6.20. The number of likely N-dealkylation sites (N-methyl/N-ethyl adjacent to an activating group) is 2. The van der Waals surface area contributed by atoms with Crippen molar-refractivity contribution in [1.82, 2.24) is 10.6 Å². The predicted octanol–water partition coefficient (Wildman–Crippen LogP) is -1.74. The number of ether oxygens (including phenoxy) is 1. The summed E-state index contributed by atoms with van der Waals surface area (Å²) in [7, 11) is 3.42. The van der Waals surface area contributed by atoms with Crippen molar-refractivity contribution in [3.8, 4) is 0 Å². The third kappa shape index (κ3) is 2.38. The Balaban J connectivity index is 2.54. The minimum absolute atomic E-state index is 0.00162. The van der Waals surface area contributed by atoms with Gasteiger partial charge in [-0.1, -0.05) is 0 Å². The number of nitrogens with one attached hydrogen (secondary N) is 2. The molecule has 1 unspecified atom stereocenters. The van der Waals surface area contributed by atoms with E-state index in [1.807, 2.05) is 0 Å². The molecule has 1 saturated heterocycles. The van der Waals surface area contributed by atoms with Gasteiger partial charge in [0.15, 0.2) is 0 Å². The molecule has 0 spiro atoms. The zero-order valence-corrected chi connectivity index (χ0v) is 8.03. The zero-order chi connectivity index (χ0) is 9.84. The molecule has 4 N–H and O–H groups in total. The molecule has 4 atom stereocenters. The molecule has 5 nitrogen and oxygen atoms in total. The van der Waals surface area contributed by atoms with Crippen LogP contribution in [0.3, 0.4) is 0 Å². The number of hydrogen-bond donors (Lipinski definition) is 4. The van der Waals surface area contributed by atoms with Gasteiger partial charge in [0.05, 0.1) is 6.10 Å². The Morgan fingerprint density at radius 1 is 1.46 bits per heavy atom. The van der Waals surface area contributed by atoms with Gasteiger partial charge < -0.3 is 20.3 Å². The van der Waals surface area contributed by atoms with Crippen LogP contribution in [0.1, 0.15) is 6.42 Å². The molecule has 0 bridgehead atoms. The minimum Gasteiger partial charge on any atom is -0.389 e. The topological polar surface area (TPSA) is 73.8 Å². The normalized spacial score (nSPS) is 37.4. The monoisotopic (exact) mass is 190 g/mol. The maximum Gasteiger partial charge on any atom is 0.133 e. The van der Waals surface area contributed by atoms with Gasteiger partial charge in [-0.25, -0.2) is 0 Å². The van der Waals surface area contributed by atoms with Gasteiger partial charge in [0.25, 0.3) is 0 Å². The maximum absolute atomic E-state index is 9.74. The SMILES string of the molecule is CNC(O)[C@@H]1OCC[C@@H](NC)[C@H]1O. The van der Waals surface area contributed by atoms with E-state index in [1.54, 1.807) is 14.1 Å². The van der Waals surface area contributed by atoms with E-state index in [0.717, 1.165) is 6.42 Å². The molecule has 0 aromatic heterocycles. The van der Waals surface area contributed by atoms with Gasteiger partial charge in [-0.15, -0.1) is 0 Å². The van der Waals surface area contributed by atoms with Crippen molar-refractivity contribution in [3.05, 3.63) is 0 Å². The number of rotatable bonds is 3. The largest absolute Gasteiger partial charge is 0.389 e. The Bertz CT molecular complexity index is 156. The molecule has 1 aliphatic rings. The van der Waals surface area contributed by atoms with Crippen LogP contribution in [0.25, 0.3) is 0 Å². The number of aliphatic hydroxyl groups excluding tert-OH is 2. The fourth-order valence-corrected chi connectivity index (χ4v) is 1.59. The standard InChI is InChI=1S/C8H18N2O3/c1-9-5-3-4-13-7(6(5)11)8(12)10-2/h5-12H,3-4H2,1-2H3/t5-,6-,7-,8?/m1/s1. The first-order valence-electron chi connectivity index (χ1n) is 4.53. The molecule has 13 heavy (non-hydrogen) atoms. The number of hydrogen-bond acceptors (Lipinski definition) is 5. The van der Waals surface area contributed by atoms with Crippen molar-refractivity contribution < 1.29 is 14.9 Å². The summed E-state index contributed by atoms with van der Waals surface area (Å²) in [5, 5.41) is 24.8. The van der Waals surface area contributed by atoms with Crippen LogP contribution < -0.4 is 10.6 Å². The molecule has 78 valence electrons. The maximum atomic E-state index is 9.74. The Kier molecular flexibility index (Phi) is 4.08. The van der Waals surface area contributed by atoms with Crippen LogP contribution in [-0.4, -0.2) is 55.4 Å². The van der Waals surface area contributed by atoms with Gasteiger partial charge in [0.2, 0.25) is 0 Å². The van der Waals surface area contributed by atoms with Crippen LogP contribution in [0.2, 0.25) is 0 Å². The van der Waals surface area contributed by atoms with Gasteiger partial charge in [-0.3, -0.25) is 5.32 Å². The van der Waals surface area contributed by atoms with Gasteiger partial charge in [0, 0.05) is 12.6 Å². The summed E-state index contributed by atoms with van der Waals surface area (Å²) in [5.41, 5.74) is 0. The average Bonchev–Trinajstić information content (AvgIpc) is 2.17. The molecule has 0 amide bonds. The molecule has 1 heterocycles. The lowest BCUT2D eigenvalue weighted by Crippen LogP contribution is -2.57. The molecule has 0 aliphatic carbocycles.